The van der Waals surface area contributed by atoms with Gasteiger partial charge in [0.2, 0.25) is 0 Å². The number of hydrogen-bond donors (Lipinski definition) is 2. The van der Waals surface area contributed by atoms with Crippen molar-refractivity contribution < 1.29 is 14.6 Å². The molecule has 1 unspecified atom stereocenters. The lowest BCUT2D eigenvalue weighted by molar-refractivity contribution is -0.0314. The highest BCUT2D eigenvalue weighted by Crippen LogP contribution is 2.30. The summed E-state index contributed by atoms with van der Waals surface area (Å²) in [7, 11) is 0. The molecular weight excluding hydrogens is 266 g/mol. The second kappa shape index (κ2) is 6.77. The molecule has 4 nitrogen and oxygen atoms in total. The predicted molar refractivity (Wildman–Crippen MR) is 81.4 cm³/mol. The van der Waals surface area contributed by atoms with E-state index in [1.807, 2.05) is 12.1 Å². The Balaban J connectivity index is 1.38. The van der Waals surface area contributed by atoms with E-state index in [1.165, 1.54) is 5.56 Å². The Morgan fingerprint density at radius 2 is 2.05 bits per heavy atom. The van der Waals surface area contributed by atoms with Crippen LogP contribution in [0.1, 0.15) is 37.7 Å². The van der Waals surface area contributed by atoms with Gasteiger partial charge in [0.25, 0.3) is 0 Å². The third kappa shape index (κ3) is 4.19. The molecule has 1 saturated carbocycles. The first kappa shape index (κ1) is 14.8. The molecule has 0 amide bonds. The normalized spacial score (nSPS) is 23.8. The van der Waals surface area contributed by atoms with Crippen LogP contribution in [-0.4, -0.2) is 36.6 Å². The summed E-state index contributed by atoms with van der Waals surface area (Å²) in [5, 5.41) is 13.3. The molecule has 3 rings (SSSR count). The Labute approximate surface area is 126 Å². The lowest BCUT2D eigenvalue weighted by Crippen LogP contribution is -2.45. The molecule has 2 aliphatic rings. The zero-order valence-corrected chi connectivity index (χ0v) is 12.5. The van der Waals surface area contributed by atoms with E-state index in [4.69, 9.17) is 9.47 Å². The highest BCUT2D eigenvalue weighted by atomic mass is 16.5. The number of nitrogens with one attached hydrogen (secondary N) is 1. The molecule has 2 fully saturated rings. The van der Waals surface area contributed by atoms with Gasteiger partial charge < -0.3 is 19.9 Å². The van der Waals surface area contributed by atoms with Crippen LogP contribution in [0.3, 0.4) is 0 Å². The van der Waals surface area contributed by atoms with Crippen molar-refractivity contribution in [2.45, 2.75) is 50.4 Å². The maximum Gasteiger partial charge on any atom is 0.119 e. The number of ether oxygens (including phenoxy) is 2. The number of rotatable bonds is 7. The predicted octanol–water partition coefficient (Wildman–Crippen LogP) is 2.25. The first-order chi connectivity index (χ1) is 10.2. The van der Waals surface area contributed by atoms with Gasteiger partial charge in [-0.25, -0.2) is 0 Å². The van der Waals surface area contributed by atoms with E-state index in [1.54, 1.807) is 0 Å². The van der Waals surface area contributed by atoms with Gasteiger partial charge in [-0.3, -0.25) is 0 Å². The van der Waals surface area contributed by atoms with Gasteiger partial charge in [-0.05, 0) is 49.8 Å². The number of benzene rings is 1. The van der Waals surface area contributed by atoms with Crippen molar-refractivity contribution in [1.29, 1.82) is 0 Å². The van der Waals surface area contributed by atoms with Crippen LogP contribution >= 0.6 is 0 Å². The molecule has 0 bridgehead atoms. The van der Waals surface area contributed by atoms with E-state index >= 15 is 0 Å². The SMILES string of the molecule is OC1(CNCc2ccc(OCC3CCCO3)cc2)CCC1. The molecule has 1 aliphatic heterocycles. The molecule has 1 aromatic rings. The van der Waals surface area contributed by atoms with Gasteiger partial charge >= 0.3 is 0 Å². The smallest absolute Gasteiger partial charge is 0.119 e. The summed E-state index contributed by atoms with van der Waals surface area (Å²) in [5.41, 5.74) is 0.757. The zero-order chi connectivity index (χ0) is 14.5. The first-order valence-corrected chi connectivity index (χ1v) is 8.00. The van der Waals surface area contributed by atoms with Crippen molar-refractivity contribution in [1.82, 2.24) is 5.32 Å². The van der Waals surface area contributed by atoms with Crippen LogP contribution in [0, 0.1) is 0 Å². The average Bonchev–Trinajstić information content (AvgIpc) is 2.98. The molecule has 1 atom stereocenters. The molecule has 4 heteroatoms. The monoisotopic (exact) mass is 291 g/mol. The average molecular weight is 291 g/mol. The van der Waals surface area contributed by atoms with E-state index in [0.29, 0.717) is 13.2 Å². The molecule has 0 aromatic heterocycles. The lowest BCUT2D eigenvalue weighted by atomic mass is 9.80. The minimum absolute atomic E-state index is 0.259. The van der Waals surface area contributed by atoms with Crippen molar-refractivity contribution in [3.05, 3.63) is 29.8 Å². The maximum absolute atomic E-state index is 10.0. The quantitative estimate of drug-likeness (QED) is 0.809. The van der Waals surface area contributed by atoms with Crippen LogP contribution in [0.4, 0.5) is 0 Å². The lowest BCUT2D eigenvalue weighted by Gasteiger charge is -2.36. The summed E-state index contributed by atoms with van der Waals surface area (Å²) in [4.78, 5) is 0. The number of aliphatic hydroxyl groups is 1. The van der Waals surface area contributed by atoms with E-state index < -0.39 is 5.60 Å². The minimum atomic E-state index is -0.454. The van der Waals surface area contributed by atoms with E-state index in [2.05, 4.69) is 17.4 Å². The first-order valence-electron chi connectivity index (χ1n) is 8.00. The molecule has 0 radical (unpaired) electrons. The summed E-state index contributed by atoms with van der Waals surface area (Å²) in [6.45, 7) is 2.98. The Hall–Kier alpha value is -1.10. The fourth-order valence-corrected chi connectivity index (χ4v) is 2.87. The minimum Gasteiger partial charge on any atom is -0.491 e. The molecule has 1 saturated heterocycles. The fourth-order valence-electron chi connectivity index (χ4n) is 2.87. The standard InChI is InChI=1S/C17H25NO3/c19-17(8-2-9-17)13-18-11-14-4-6-15(7-5-14)21-12-16-3-1-10-20-16/h4-7,16,18-19H,1-3,8-13H2. The molecule has 1 aromatic carbocycles. The van der Waals surface area contributed by atoms with Crippen molar-refractivity contribution in [2.24, 2.45) is 0 Å². The summed E-state index contributed by atoms with van der Waals surface area (Å²) < 4.78 is 11.3. The summed E-state index contributed by atoms with van der Waals surface area (Å²) in [5.74, 6) is 0.895. The van der Waals surface area contributed by atoms with Gasteiger partial charge in [-0.15, -0.1) is 0 Å². The van der Waals surface area contributed by atoms with Crippen molar-refractivity contribution >= 4 is 0 Å². The van der Waals surface area contributed by atoms with Crippen molar-refractivity contribution in [3.8, 4) is 5.75 Å². The molecular formula is C17H25NO3. The molecule has 21 heavy (non-hydrogen) atoms. The van der Waals surface area contributed by atoms with Crippen LogP contribution in [0.2, 0.25) is 0 Å². The van der Waals surface area contributed by atoms with E-state index in [-0.39, 0.29) is 6.10 Å². The van der Waals surface area contributed by atoms with Crippen LogP contribution < -0.4 is 10.1 Å². The second-order valence-corrected chi connectivity index (χ2v) is 6.27. The Bertz CT molecular complexity index is 436. The van der Waals surface area contributed by atoms with Crippen molar-refractivity contribution in [3.63, 3.8) is 0 Å². The van der Waals surface area contributed by atoms with Crippen LogP contribution in [0.15, 0.2) is 24.3 Å². The molecule has 116 valence electrons. The fraction of sp³-hybridized carbons (Fsp3) is 0.647. The van der Waals surface area contributed by atoms with Gasteiger partial charge in [-0.2, -0.15) is 0 Å². The third-order valence-corrected chi connectivity index (χ3v) is 4.45. The Morgan fingerprint density at radius 3 is 2.67 bits per heavy atom. The molecule has 0 spiro atoms. The topological polar surface area (TPSA) is 50.7 Å². The largest absolute Gasteiger partial charge is 0.491 e. The summed E-state index contributed by atoms with van der Waals surface area (Å²) in [6, 6.07) is 8.15. The van der Waals surface area contributed by atoms with E-state index in [0.717, 1.165) is 51.0 Å². The Morgan fingerprint density at radius 1 is 1.24 bits per heavy atom. The summed E-state index contributed by atoms with van der Waals surface area (Å²) in [6.07, 6.45) is 5.51. The van der Waals surface area contributed by atoms with Crippen LogP contribution in [0.5, 0.6) is 5.75 Å². The third-order valence-electron chi connectivity index (χ3n) is 4.45. The van der Waals surface area contributed by atoms with E-state index in [9.17, 15) is 5.11 Å². The highest BCUT2D eigenvalue weighted by molar-refractivity contribution is 5.27. The van der Waals surface area contributed by atoms with Gasteiger partial charge in [0.1, 0.15) is 12.4 Å². The molecule has 2 N–H and O–H groups in total. The van der Waals surface area contributed by atoms with Gasteiger partial charge in [-0.1, -0.05) is 12.1 Å². The number of hydrogen-bond acceptors (Lipinski definition) is 4. The van der Waals surface area contributed by atoms with Crippen molar-refractivity contribution in [2.75, 3.05) is 19.8 Å². The zero-order valence-electron chi connectivity index (χ0n) is 12.5. The van der Waals surface area contributed by atoms with Gasteiger partial charge in [0.15, 0.2) is 0 Å². The Kier molecular flexibility index (Phi) is 4.78. The second-order valence-electron chi connectivity index (χ2n) is 6.27. The van der Waals surface area contributed by atoms with Gasteiger partial charge in [0, 0.05) is 19.7 Å². The maximum atomic E-state index is 10.0. The molecule has 1 aliphatic carbocycles. The summed E-state index contributed by atoms with van der Waals surface area (Å²) >= 11 is 0. The van der Waals surface area contributed by atoms with Crippen LogP contribution in [-0.2, 0) is 11.3 Å². The van der Waals surface area contributed by atoms with Gasteiger partial charge in [0.05, 0.1) is 11.7 Å². The highest BCUT2D eigenvalue weighted by Gasteiger charge is 2.33. The van der Waals surface area contributed by atoms with Crippen LogP contribution in [0.25, 0.3) is 0 Å². The molecule has 1 heterocycles.